The normalized spacial score (nSPS) is 14.2. The van der Waals surface area contributed by atoms with Crippen LogP contribution in [0.4, 0.5) is 0 Å². The van der Waals surface area contributed by atoms with E-state index in [4.69, 9.17) is 23.7 Å². The van der Waals surface area contributed by atoms with E-state index >= 15 is 0 Å². The molecule has 0 saturated heterocycles. The minimum Gasteiger partial charge on any atom is -0.494 e. The molecule has 0 amide bonds. The topological polar surface area (TPSA) is 115 Å². The molecule has 1 aliphatic heterocycles. The number of carbonyl (C=O) groups is 2. The molecule has 0 aliphatic carbocycles. The first-order chi connectivity index (χ1) is 23.2. The lowest BCUT2D eigenvalue weighted by atomic mass is 9.96. The number of methoxy groups -OCH3 is 1. The summed E-state index contributed by atoms with van der Waals surface area (Å²) in [5.74, 6) is 0.714. The monoisotopic (exact) mass is 782 g/mol. The number of hydrogen-bond donors (Lipinski definition) is 0. The number of halogens is 1. The van der Waals surface area contributed by atoms with E-state index in [1.165, 1.54) is 11.3 Å². The molecule has 250 valence electrons. The smallest absolute Gasteiger partial charge is 0.338 e. The van der Waals surface area contributed by atoms with Crippen LogP contribution in [0.25, 0.3) is 6.08 Å². The van der Waals surface area contributed by atoms with Gasteiger partial charge in [-0.05, 0) is 104 Å². The van der Waals surface area contributed by atoms with Crippen LogP contribution < -0.4 is 29.1 Å². The van der Waals surface area contributed by atoms with Crippen LogP contribution in [-0.4, -0.2) is 43.4 Å². The largest absolute Gasteiger partial charge is 0.494 e. The molecule has 5 rings (SSSR count). The number of allylic oxidation sites excluding steroid dienone is 1. The van der Waals surface area contributed by atoms with Crippen LogP contribution in [0.3, 0.4) is 0 Å². The van der Waals surface area contributed by atoms with Gasteiger partial charge in [0.05, 0.1) is 54.3 Å². The summed E-state index contributed by atoms with van der Waals surface area (Å²) >= 11 is 3.41. The van der Waals surface area contributed by atoms with Crippen LogP contribution >= 0.6 is 33.9 Å². The van der Waals surface area contributed by atoms with Crippen molar-refractivity contribution in [3.8, 4) is 17.2 Å². The quantitative estimate of drug-likeness (QED) is 0.136. The third-order valence-corrected chi connectivity index (χ3v) is 9.03. The predicted molar refractivity (Wildman–Crippen MR) is 190 cm³/mol. The Kier molecular flexibility index (Phi) is 11.4. The van der Waals surface area contributed by atoms with Crippen molar-refractivity contribution >= 4 is 51.9 Å². The van der Waals surface area contributed by atoms with Gasteiger partial charge in [-0.2, -0.15) is 0 Å². The SMILES string of the molecule is CCOC(=O)C1=C(C)N=c2s/c(=C\c3cc(I)cc(OC)c3OCc3ccc(C(=O)OCC)cc3)c(=O)n2[C@@H]1c1ccc(OCC)cc1. The van der Waals surface area contributed by atoms with E-state index in [2.05, 4.69) is 27.6 Å². The first kappa shape index (κ1) is 34.9. The Bertz CT molecular complexity index is 2030. The van der Waals surface area contributed by atoms with Crippen LogP contribution in [0.2, 0.25) is 0 Å². The maximum atomic E-state index is 14.2. The van der Waals surface area contributed by atoms with Crippen LogP contribution in [-0.2, 0) is 20.9 Å². The summed E-state index contributed by atoms with van der Waals surface area (Å²) in [7, 11) is 1.56. The number of aromatic nitrogens is 1. The van der Waals surface area contributed by atoms with E-state index in [1.54, 1.807) is 62.8 Å². The lowest BCUT2D eigenvalue weighted by Gasteiger charge is -2.24. The van der Waals surface area contributed by atoms with E-state index in [1.807, 2.05) is 43.3 Å². The van der Waals surface area contributed by atoms with Crippen molar-refractivity contribution in [1.29, 1.82) is 0 Å². The summed E-state index contributed by atoms with van der Waals surface area (Å²) in [6.45, 7) is 8.33. The van der Waals surface area contributed by atoms with Crippen molar-refractivity contribution in [2.75, 3.05) is 26.9 Å². The lowest BCUT2D eigenvalue weighted by Crippen LogP contribution is -2.39. The molecule has 48 heavy (non-hydrogen) atoms. The van der Waals surface area contributed by atoms with Crippen LogP contribution in [0.15, 0.2) is 81.7 Å². The number of ether oxygens (including phenoxy) is 5. The molecule has 0 bridgehead atoms. The van der Waals surface area contributed by atoms with Gasteiger partial charge in [-0.3, -0.25) is 9.36 Å². The Morgan fingerprint density at radius 2 is 1.62 bits per heavy atom. The molecule has 0 fully saturated rings. The lowest BCUT2D eigenvalue weighted by molar-refractivity contribution is -0.139. The zero-order valence-corrected chi connectivity index (χ0v) is 30.2. The summed E-state index contributed by atoms with van der Waals surface area (Å²) in [5.41, 5.74) is 3.09. The van der Waals surface area contributed by atoms with Crippen molar-refractivity contribution in [2.24, 2.45) is 4.99 Å². The molecular formula is C36H35IN2O8S. The van der Waals surface area contributed by atoms with Crippen LogP contribution in [0, 0.1) is 3.57 Å². The molecule has 4 aromatic rings. The summed E-state index contributed by atoms with van der Waals surface area (Å²) in [5, 5.41) is 0. The van der Waals surface area contributed by atoms with E-state index < -0.39 is 12.0 Å². The van der Waals surface area contributed by atoms with Gasteiger partial charge in [0.1, 0.15) is 12.4 Å². The number of fused-ring (bicyclic) bond motifs is 1. The number of nitrogens with zero attached hydrogens (tertiary/aromatic N) is 2. The van der Waals surface area contributed by atoms with Gasteiger partial charge in [0, 0.05) is 9.13 Å². The molecule has 1 aliphatic rings. The van der Waals surface area contributed by atoms with Crippen molar-refractivity contribution < 1.29 is 33.3 Å². The fraction of sp³-hybridized carbons (Fsp3) is 0.278. The zero-order valence-electron chi connectivity index (χ0n) is 27.2. The predicted octanol–water partition coefficient (Wildman–Crippen LogP) is 5.57. The van der Waals surface area contributed by atoms with E-state index in [-0.39, 0.29) is 24.7 Å². The molecule has 1 aromatic heterocycles. The molecule has 1 atom stereocenters. The maximum absolute atomic E-state index is 14.2. The van der Waals surface area contributed by atoms with Crippen LogP contribution in [0.1, 0.15) is 60.8 Å². The number of carbonyl (C=O) groups excluding carboxylic acids is 2. The number of benzene rings is 3. The fourth-order valence-electron chi connectivity index (χ4n) is 5.27. The highest BCUT2D eigenvalue weighted by molar-refractivity contribution is 14.1. The number of hydrogen-bond acceptors (Lipinski definition) is 10. The molecular weight excluding hydrogens is 747 g/mol. The first-order valence-electron chi connectivity index (χ1n) is 15.4. The molecule has 12 heteroatoms. The molecule has 3 aromatic carbocycles. The highest BCUT2D eigenvalue weighted by Gasteiger charge is 2.33. The van der Waals surface area contributed by atoms with Crippen molar-refractivity contribution in [3.05, 3.63) is 117 Å². The Morgan fingerprint density at radius 1 is 0.938 bits per heavy atom. The van der Waals surface area contributed by atoms with Gasteiger partial charge in [-0.15, -0.1) is 0 Å². The van der Waals surface area contributed by atoms with Gasteiger partial charge in [0.25, 0.3) is 5.56 Å². The third kappa shape index (κ3) is 7.49. The number of thiazole rings is 1. The fourth-order valence-corrected chi connectivity index (χ4v) is 6.93. The van der Waals surface area contributed by atoms with Gasteiger partial charge in [0.15, 0.2) is 16.3 Å². The molecule has 10 nitrogen and oxygen atoms in total. The molecule has 2 heterocycles. The van der Waals surface area contributed by atoms with E-state index in [0.29, 0.717) is 62.2 Å². The summed E-state index contributed by atoms with van der Waals surface area (Å²) < 4.78 is 30.9. The second-order valence-electron chi connectivity index (χ2n) is 10.5. The third-order valence-electron chi connectivity index (χ3n) is 7.43. The number of esters is 2. The van der Waals surface area contributed by atoms with E-state index in [0.717, 1.165) is 14.7 Å². The standard InChI is InChI=1S/C36H35IN2O8S/c1-6-44-27-15-13-23(14-16-27)31-30(35(42)46-8-3)21(4)38-36-39(31)33(40)29(48-36)18-25-17-26(37)19-28(43-5)32(25)47-20-22-9-11-24(12-10-22)34(41)45-7-2/h9-19,31H,6-8,20H2,1-5H3/b29-18-/t31-/m1/s1. The average molecular weight is 783 g/mol. The highest BCUT2D eigenvalue weighted by atomic mass is 127. The molecule has 0 radical (unpaired) electrons. The van der Waals surface area contributed by atoms with Gasteiger partial charge in [-0.1, -0.05) is 35.6 Å². The minimum absolute atomic E-state index is 0.183. The second kappa shape index (κ2) is 15.6. The van der Waals surface area contributed by atoms with Gasteiger partial charge in [-0.25, -0.2) is 14.6 Å². The Balaban J connectivity index is 1.58. The summed E-state index contributed by atoms with van der Waals surface area (Å²) in [4.78, 5) is 44.7. The van der Waals surface area contributed by atoms with Crippen molar-refractivity contribution in [3.63, 3.8) is 0 Å². The van der Waals surface area contributed by atoms with Crippen molar-refractivity contribution in [1.82, 2.24) is 4.57 Å². The summed E-state index contributed by atoms with van der Waals surface area (Å²) in [6, 6.07) is 17.3. The maximum Gasteiger partial charge on any atom is 0.338 e. The van der Waals surface area contributed by atoms with E-state index in [9.17, 15) is 14.4 Å². The van der Waals surface area contributed by atoms with Crippen molar-refractivity contribution in [2.45, 2.75) is 40.3 Å². The Labute approximate surface area is 295 Å². The Morgan fingerprint density at radius 3 is 2.27 bits per heavy atom. The summed E-state index contributed by atoms with van der Waals surface area (Å²) in [6.07, 6.45) is 1.76. The molecule has 0 N–H and O–H groups in total. The number of rotatable bonds is 12. The van der Waals surface area contributed by atoms with Gasteiger partial charge < -0.3 is 23.7 Å². The second-order valence-corrected chi connectivity index (χ2v) is 12.8. The zero-order chi connectivity index (χ0) is 34.4. The minimum atomic E-state index is -0.753. The highest BCUT2D eigenvalue weighted by Crippen LogP contribution is 2.35. The van der Waals surface area contributed by atoms with Gasteiger partial charge >= 0.3 is 11.9 Å². The average Bonchev–Trinajstić information content (AvgIpc) is 3.37. The first-order valence-corrected chi connectivity index (χ1v) is 17.3. The molecule has 0 spiro atoms. The molecule has 0 saturated carbocycles. The molecule has 0 unspecified atom stereocenters. The Hall–Kier alpha value is -4.43. The van der Waals surface area contributed by atoms with Crippen LogP contribution in [0.5, 0.6) is 17.2 Å². The van der Waals surface area contributed by atoms with Gasteiger partial charge in [0.2, 0.25) is 0 Å².